The fourth-order valence-corrected chi connectivity index (χ4v) is 4.55. The van der Waals surface area contributed by atoms with Gasteiger partial charge >= 0.3 is 0 Å². The SMILES string of the molecule is Cc1c(/C=C(\C#N)C(=O)Nc2c(C)n(C)n(-c3ccccc3)c2=O)c(=O)n2c([nH]c3ccccc32)c1C#N. The van der Waals surface area contributed by atoms with Gasteiger partial charge in [-0.25, -0.2) is 4.68 Å². The second-order valence-corrected chi connectivity index (χ2v) is 8.72. The minimum atomic E-state index is -0.847. The maximum absolute atomic E-state index is 13.5. The number of nitrogens with one attached hydrogen (secondary N) is 2. The molecule has 3 aromatic heterocycles. The molecule has 2 N–H and O–H groups in total. The van der Waals surface area contributed by atoms with Crippen LogP contribution in [0.3, 0.4) is 0 Å². The molecule has 0 radical (unpaired) electrons. The molecule has 0 unspecified atom stereocenters. The smallest absolute Gasteiger partial charge is 0.295 e. The Bertz CT molecular complexity index is 2010. The van der Waals surface area contributed by atoms with E-state index in [9.17, 15) is 24.9 Å². The quantitative estimate of drug-likeness (QED) is 0.286. The van der Waals surface area contributed by atoms with Gasteiger partial charge in [0.1, 0.15) is 29.0 Å². The number of H-pyrrole nitrogens is 1. The molecule has 0 spiro atoms. The topological polar surface area (TPSA) is 141 Å². The zero-order chi connectivity index (χ0) is 27.1. The predicted molar refractivity (Wildman–Crippen MR) is 143 cm³/mol. The maximum atomic E-state index is 13.5. The number of carbonyl (C=O) groups is 1. The lowest BCUT2D eigenvalue weighted by molar-refractivity contribution is -0.112. The van der Waals surface area contributed by atoms with Crippen LogP contribution in [0, 0.1) is 36.5 Å². The number of para-hydroxylation sites is 3. The Balaban J connectivity index is 1.63. The highest BCUT2D eigenvalue weighted by molar-refractivity contribution is 6.10. The van der Waals surface area contributed by atoms with E-state index in [2.05, 4.69) is 16.4 Å². The van der Waals surface area contributed by atoms with Gasteiger partial charge in [0.25, 0.3) is 17.0 Å². The Morgan fingerprint density at radius 2 is 1.68 bits per heavy atom. The molecule has 0 aliphatic rings. The molecule has 186 valence electrons. The molecule has 3 heterocycles. The summed E-state index contributed by atoms with van der Waals surface area (Å²) in [5, 5.41) is 22.2. The predicted octanol–water partition coefficient (Wildman–Crippen LogP) is 3.30. The van der Waals surface area contributed by atoms with Crippen molar-refractivity contribution in [1.82, 2.24) is 18.7 Å². The van der Waals surface area contributed by atoms with Crippen LogP contribution in [-0.4, -0.2) is 24.7 Å². The summed E-state index contributed by atoms with van der Waals surface area (Å²) in [6.07, 6.45) is 1.16. The second kappa shape index (κ2) is 9.12. The van der Waals surface area contributed by atoms with Crippen LogP contribution in [0.25, 0.3) is 28.4 Å². The lowest BCUT2D eigenvalue weighted by Gasteiger charge is -2.07. The molecule has 0 atom stereocenters. The average molecular weight is 504 g/mol. The molecule has 0 saturated heterocycles. The number of rotatable bonds is 4. The Kier molecular flexibility index (Phi) is 5.78. The Labute approximate surface area is 215 Å². The van der Waals surface area contributed by atoms with Crippen LogP contribution >= 0.6 is 0 Å². The van der Waals surface area contributed by atoms with Crippen LogP contribution in [0.4, 0.5) is 5.69 Å². The Morgan fingerprint density at radius 1 is 1.00 bits per heavy atom. The third-order valence-corrected chi connectivity index (χ3v) is 6.63. The van der Waals surface area contributed by atoms with Crippen LogP contribution in [0.1, 0.15) is 22.4 Å². The van der Waals surface area contributed by atoms with Crippen LogP contribution < -0.4 is 16.4 Å². The van der Waals surface area contributed by atoms with E-state index in [1.165, 1.54) is 9.08 Å². The summed E-state index contributed by atoms with van der Waals surface area (Å²) in [6.45, 7) is 3.26. The highest BCUT2D eigenvalue weighted by atomic mass is 16.2. The molecule has 10 heteroatoms. The summed E-state index contributed by atoms with van der Waals surface area (Å²) in [5.41, 5.74) is 1.88. The summed E-state index contributed by atoms with van der Waals surface area (Å²) in [7, 11) is 1.69. The van der Waals surface area contributed by atoms with E-state index >= 15 is 0 Å². The molecule has 2 aromatic carbocycles. The first-order valence-corrected chi connectivity index (χ1v) is 11.6. The third-order valence-electron chi connectivity index (χ3n) is 6.63. The van der Waals surface area contributed by atoms with Gasteiger partial charge in [-0.05, 0) is 49.8 Å². The standard InChI is InChI=1S/C28H21N7O3/c1-16-20(27(37)34-23-12-8-7-11-22(23)31-25(34)21(16)15-30)13-18(14-29)26(36)32-24-17(2)33(3)35(28(24)38)19-9-5-4-6-10-19/h4-13,31H,1-3H3,(H,32,36)/b18-13+. The normalized spacial score (nSPS) is 11.4. The maximum Gasteiger partial charge on any atom is 0.295 e. The van der Waals surface area contributed by atoms with E-state index in [1.807, 2.05) is 12.1 Å². The second-order valence-electron chi connectivity index (χ2n) is 8.72. The number of nitriles is 2. The molecular weight excluding hydrogens is 482 g/mol. The minimum Gasteiger partial charge on any atom is -0.338 e. The number of imidazole rings is 1. The zero-order valence-electron chi connectivity index (χ0n) is 20.7. The van der Waals surface area contributed by atoms with Gasteiger partial charge in [0.05, 0.1) is 28.0 Å². The molecule has 5 rings (SSSR count). The number of amides is 1. The molecule has 10 nitrogen and oxygen atoms in total. The fourth-order valence-electron chi connectivity index (χ4n) is 4.55. The summed E-state index contributed by atoms with van der Waals surface area (Å²) in [5.74, 6) is -0.847. The summed E-state index contributed by atoms with van der Waals surface area (Å²) in [6, 6.07) is 20.0. The first-order valence-electron chi connectivity index (χ1n) is 11.6. The van der Waals surface area contributed by atoms with E-state index < -0.39 is 17.0 Å². The highest BCUT2D eigenvalue weighted by Gasteiger charge is 2.22. The molecule has 0 fully saturated rings. The molecule has 5 aromatic rings. The van der Waals surface area contributed by atoms with E-state index in [-0.39, 0.29) is 22.4 Å². The number of pyridine rings is 1. The van der Waals surface area contributed by atoms with Crippen LogP contribution in [-0.2, 0) is 11.8 Å². The van der Waals surface area contributed by atoms with Gasteiger partial charge in [0.2, 0.25) is 0 Å². The van der Waals surface area contributed by atoms with Gasteiger partial charge in [0.15, 0.2) is 0 Å². The number of hydrogen-bond acceptors (Lipinski definition) is 5. The van der Waals surface area contributed by atoms with Crippen molar-refractivity contribution in [3.63, 3.8) is 0 Å². The van der Waals surface area contributed by atoms with Gasteiger partial charge in [-0.2, -0.15) is 10.5 Å². The monoisotopic (exact) mass is 503 g/mol. The lowest BCUT2D eigenvalue weighted by atomic mass is 10.0. The molecule has 38 heavy (non-hydrogen) atoms. The first-order chi connectivity index (χ1) is 18.3. The minimum absolute atomic E-state index is 0.0146. The number of benzene rings is 2. The number of anilines is 1. The van der Waals surface area contributed by atoms with Crippen molar-refractivity contribution in [1.29, 1.82) is 10.5 Å². The Hall–Kier alpha value is -5.61. The van der Waals surface area contributed by atoms with E-state index in [0.717, 1.165) is 6.08 Å². The number of aromatic nitrogens is 4. The molecule has 1 amide bonds. The van der Waals surface area contributed by atoms with E-state index in [1.54, 1.807) is 74.1 Å². The van der Waals surface area contributed by atoms with Gasteiger partial charge in [0, 0.05) is 12.6 Å². The summed E-state index contributed by atoms with van der Waals surface area (Å²) >= 11 is 0. The Morgan fingerprint density at radius 3 is 2.37 bits per heavy atom. The molecule has 0 bridgehead atoms. The van der Waals surface area contributed by atoms with Crippen LogP contribution in [0.5, 0.6) is 0 Å². The van der Waals surface area contributed by atoms with E-state index in [0.29, 0.717) is 33.6 Å². The number of carbonyl (C=O) groups excluding carboxylic acids is 1. The third kappa shape index (κ3) is 3.60. The molecule has 0 aliphatic heterocycles. The van der Waals surface area contributed by atoms with Crippen molar-refractivity contribution in [2.45, 2.75) is 13.8 Å². The number of hydrogen-bond donors (Lipinski definition) is 2. The van der Waals surface area contributed by atoms with Crippen molar-refractivity contribution in [2.75, 3.05) is 5.32 Å². The van der Waals surface area contributed by atoms with Crippen molar-refractivity contribution >= 4 is 34.4 Å². The number of nitrogens with zero attached hydrogens (tertiary/aromatic N) is 5. The summed E-state index contributed by atoms with van der Waals surface area (Å²) < 4.78 is 4.37. The van der Waals surface area contributed by atoms with Gasteiger partial charge in [-0.15, -0.1) is 0 Å². The van der Waals surface area contributed by atoms with E-state index in [4.69, 9.17) is 0 Å². The lowest BCUT2D eigenvalue weighted by Crippen LogP contribution is -2.24. The van der Waals surface area contributed by atoms with Gasteiger partial charge < -0.3 is 10.3 Å². The van der Waals surface area contributed by atoms with Crippen molar-refractivity contribution in [3.05, 3.63) is 103 Å². The van der Waals surface area contributed by atoms with Gasteiger partial charge in [-0.1, -0.05) is 30.3 Å². The van der Waals surface area contributed by atoms with Gasteiger partial charge in [-0.3, -0.25) is 23.5 Å². The first kappa shape index (κ1) is 24.1. The van der Waals surface area contributed by atoms with Crippen molar-refractivity contribution < 1.29 is 4.79 Å². The fraction of sp³-hybridized carbons (Fsp3) is 0.107. The van der Waals surface area contributed by atoms with Crippen LogP contribution in [0.15, 0.2) is 69.8 Å². The highest BCUT2D eigenvalue weighted by Crippen LogP contribution is 2.23. The summed E-state index contributed by atoms with van der Waals surface area (Å²) in [4.78, 5) is 43.0. The molecule has 0 saturated carbocycles. The zero-order valence-corrected chi connectivity index (χ0v) is 20.7. The molecule has 0 aliphatic carbocycles. The average Bonchev–Trinajstić information content (AvgIpc) is 3.40. The number of fused-ring (bicyclic) bond motifs is 3. The van der Waals surface area contributed by atoms with Crippen molar-refractivity contribution in [3.8, 4) is 17.8 Å². The number of aromatic amines is 1. The van der Waals surface area contributed by atoms with Crippen molar-refractivity contribution in [2.24, 2.45) is 7.05 Å². The molecular formula is C28H21N7O3. The van der Waals surface area contributed by atoms with Crippen LogP contribution in [0.2, 0.25) is 0 Å². The largest absolute Gasteiger partial charge is 0.338 e.